The second kappa shape index (κ2) is 8.35. The summed E-state index contributed by atoms with van der Waals surface area (Å²) in [6.07, 6.45) is 0.482. The highest BCUT2D eigenvalue weighted by molar-refractivity contribution is 5.96. The van der Waals surface area contributed by atoms with E-state index in [1.165, 1.54) is 6.08 Å². The van der Waals surface area contributed by atoms with E-state index >= 15 is 0 Å². The van der Waals surface area contributed by atoms with Crippen molar-refractivity contribution in [3.63, 3.8) is 0 Å². The lowest BCUT2D eigenvalue weighted by atomic mass is 9.80. The van der Waals surface area contributed by atoms with Crippen molar-refractivity contribution in [1.82, 2.24) is 0 Å². The Morgan fingerprint density at radius 2 is 2.15 bits per heavy atom. The zero-order valence-corrected chi connectivity index (χ0v) is 16.1. The van der Waals surface area contributed by atoms with E-state index in [4.69, 9.17) is 9.47 Å². The van der Waals surface area contributed by atoms with E-state index in [-0.39, 0.29) is 42.1 Å². The van der Waals surface area contributed by atoms with Crippen molar-refractivity contribution >= 4 is 17.7 Å². The van der Waals surface area contributed by atoms with E-state index in [0.29, 0.717) is 6.42 Å². The van der Waals surface area contributed by atoms with Crippen LogP contribution in [0.1, 0.15) is 46.5 Å². The first-order valence-electron chi connectivity index (χ1n) is 9.27. The van der Waals surface area contributed by atoms with Crippen LogP contribution in [-0.4, -0.2) is 52.4 Å². The molecule has 5 atom stereocenters. The van der Waals surface area contributed by atoms with Crippen LogP contribution in [0.5, 0.6) is 0 Å². The van der Waals surface area contributed by atoms with Crippen LogP contribution in [0, 0.1) is 11.8 Å². The van der Waals surface area contributed by atoms with Crippen molar-refractivity contribution in [2.45, 2.75) is 64.3 Å². The molecule has 1 saturated heterocycles. The number of ether oxygens (including phenoxy) is 2. The molecule has 2 aliphatic rings. The second-order valence-electron chi connectivity index (χ2n) is 7.68. The lowest BCUT2D eigenvalue weighted by molar-refractivity contribution is -0.160. The number of carbonyl (C=O) groups excluding carboxylic acids is 3. The molecule has 2 N–H and O–H groups in total. The highest BCUT2D eigenvalue weighted by Gasteiger charge is 2.47. The molecular weight excluding hydrogens is 352 g/mol. The number of hydrogen-bond acceptors (Lipinski definition) is 7. The van der Waals surface area contributed by atoms with Crippen LogP contribution in [-0.2, 0) is 23.9 Å². The lowest BCUT2D eigenvalue weighted by Gasteiger charge is -2.34. The molecule has 0 aromatic rings. The van der Waals surface area contributed by atoms with E-state index < -0.39 is 42.3 Å². The van der Waals surface area contributed by atoms with Crippen LogP contribution < -0.4 is 0 Å². The average Bonchev–Trinajstić information content (AvgIpc) is 2.89. The molecule has 0 radical (unpaired) electrons. The summed E-state index contributed by atoms with van der Waals surface area (Å²) in [5.41, 5.74) is -1.07. The minimum Gasteiger partial charge on any atom is -0.461 e. The maximum Gasteiger partial charge on any atom is 0.334 e. The van der Waals surface area contributed by atoms with Gasteiger partial charge >= 0.3 is 11.9 Å². The largest absolute Gasteiger partial charge is 0.461 e. The molecule has 0 spiro atoms. The maximum absolute atomic E-state index is 12.4. The van der Waals surface area contributed by atoms with Crippen molar-refractivity contribution in [3.05, 3.63) is 23.8 Å². The normalized spacial score (nSPS) is 33.0. The fourth-order valence-electron chi connectivity index (χ4n) is 3.37. The van der Waals surface area contributed by atoms with Gasteiger partial charge in [-0.15, -0.1) is 0 Å². The van der Waals surface area contributed by atoms with Crippen molar-refractivity contribution in [3.8, 4) is 0 Å². The predicted octanol–water partition coefficient (Wildman–Crippen LogP) is 1.46. The monoisotopic (exact) mass is 380 g/mol. The number of hydrogen-bond donors (Lipinski definition) is 2. The third-order valence-corrected chi connectivity index (χ3v) is 5.37. The average molecular weight is 380 g/mol. The molecule has 1 aliphatic carbocycles. The van der Waals surface area contributed by atoms with E-state index in [0.717, 1.165) is 0 Å². The first-order valence-corrected chi connectivity index (χ1v) is 9.27. The Bertz CT molecular complexity index is 661. The molecule has 5 unspecified atom stereocenters. The minimum atomic E-state index is -1.30. The number of fused-ring (bicyclic) bond motifs is 1. The number of aliphatic hydroxyl groups is 2. The number of carbonyl (C=O) groups is 3. The number of aliphatic hydroxyl groups excluding tert-OH is 1. The van der Waals surface area contributed by atoms with Gasteiger partial charge in [0.25, 0.3) is 0 Å². The van der Waals surface area contributed by atoms with Gasteiger partial charge in [0.2, 0.25) is 0 Å². The highest BCUT2D eigenvalue weighted by atomic mass is 16.6. The van der Waals surface area contributed by atoms with E-state index in [2.05, 4.69) is 6.58 Å². The van der Waals surface area contributed by atoms with Crippen LogP contribution in [0.3, 0.4) is 0 Å². The molecule has 0 bridgehead atoms. The van der Waals surface area contributed by atoms with Gasteiger partial charge in [-0.05, 0) is 25.8 Å². The Balaban J connectivity index is 2.46. The molecule has 0 saturated carbocycles. The minimum absolute atomic E-state index is 0.0255. The molecule has 1 heterocycles. The first kappa shape index (κ1) is 21.3. The molecule has 1 aliphatic heterocycles. The number of Topliss-reactive ketones (excluding diaryl/α,β-unsaturated/α-hetero) is 1. The van der Waals surface area contributed by atoms with Gasteiger partial charge in [0.1, 0.15) is 12.2 Å². The van der Waals surface area contributed by atoms with Gasteiger partial charge in [-0.25, -0.2) is 4.79 Å². The topological polar surface area (TPSA) is 110 Å². The Morgan fingerprint density at radius 1 is 1.48 bits per heavy atom. The van der Waals surface area contributed by atoms with Gasteiger partial charge in [-0.1, -0.05) is 20.4 Å². The summed E-state index contributed by atoms with van der Waals surface area (Å²) in [7, 11) is 0. The molecule has 7 nitrogen and oxygen atoms in total. The SMILES string of the molecule is C=C1C(=O)OC2C=C(CO)C(=O)CCC(C)(O)CC(OC(=O)C(C)CC)C12. The predicted molar refractivity (Wildman–Crippen MR) is 96.5 cm³/mol. The summed E-state index contributed by atoms with van der Waals surface area (Å²) >= 11 is 0. The van der Waals surface area contributed by atoms with Crippen LogP contribution in [0.4, 0.5) is 0 Å². The van der Waals surface area contributed by atoms with Gasteiger partial charge in [0.15, 0.2) is 5.78 Å². The molecule has 150 valence electrons. The van der Waals surface area contributed by atoms with Crippen LogP contribution in [0.25, 0.3) is 0 Å². The smallest absolute Gasteiger partial charge is 0.334 e. The summed E-state index contributed by atoms with van der Waals surface area (Å²) in [5.74, 6) is -2.46. The highest BCUT2D eigenvalue weighted by Crippen LogP contribution is 2.38. The molecular formula is C20H28O7. The van der Waals surface area contributed by atoms with Crippen LogP contribution in [0.15, 0.2) is 23.8 Å². The summed E-state index contributed by atoms with van der Waals surface area (Å²) in [4.78, 5) is 36.8. The van der Waals surface area contributed by atoms with Crippen molar-refractivity contribution in [1.29, 1.82) is 0 Å². The first-order chi connectivity index (χ1) is 12.6. The van der Waals surface area contributed by atoms with Crippen LogP contribution in [0.2, 0.25) is 0 Å². The molecule has 0 aromatic carbocycles. The van der Waals surface area contributed by atoms with Gasteiger partial charge in [-0.3, -0.25) is 9.59 Å². The number of esters is 2. The maximum atomic E-state index is 12.4. The second-order valence-corrected chi connectivity index (χ2v) is 7.68. The van der Waals surface area contributed by atoms with E-state index in [9.17, 15) is 24.6 Å². The Kier molecular flexibility index (Phi) is 6.59. The van der Waals surface area contributed by atoms with Gasteiger partial charge in [-0.2, -0.15) is 0 Å². The quantitative estimate of drug-likeness (QED) is 0.561. The third-order valence-electron chi connectivity index (χ3n) is 5.37. The summed E-state index contributed by atoms with van der Waals surface area (Å²) in [6, 6.07) is 0. The standard InChI is InChI=1S/C20H28O7/c1-5-11(2)18(23)27-16-9-20(4,25)7-6-14(22)13(10-21)8-15-17(16)12(3)19(24)26-15/h8,11,15-17,21,25H,3,5-7,9-10H2,1-2,4H3. The third kappa shape index (κ3) is 4.84. The summed E-state index contributed by atoms with van der Waals surface area (Å²) in [6.45, 7) is 8.42. The Hall–Kier alpha value is -1.99. The molecule has 27 heavy (non-hydrogen) atoms. The van der Waals surface area contributed by atoms with Crippen molar-refractivity contribution in [2.24, 2.45) is 11.8 Å². The summed E-state index contributed by atoms with van der Waals surface area (Å²) < 4.78 is 11.0. The molecule has 2 rings (SSSR count). The van der Waals surface area contributed by atoms with Gasteiger partial charge in [0, 0.05) is 24.0 Å². The molecule has 0 aromatic heterocycles. The number of ketones is 1. The zero-order valence-electron chi connectivity index (χ0n) is 16.1. The van der Waals surface area contributed by atoms with Crippen LogP contribution >= 0.6 is 0 Å². The van der Waals surface area contributed by atoms with E-state index in [1.807, 2.05) is 6.92 Å². The zero-order chi connectivity index (χ0) is 20.4. The molecule has 1 fully saturated rings. The Labute approximate surface area is 159 Å². The van der Waals surface area contributed by atoms with E-state index in [1.54, 1.807) is 13.8 Å². The fourth-order valence-corrected chi connectivity index (χ4v) is 3.37. The Morgan fingerprint density at radius 3 is 2.74 bits per heavy atom. The molecule has 0 amide bonds. The van der Waals surface area contributed by atoms with Gasteiger partial charge in [0.05, 0.1) is 24.0 Å². The summed E-state index contributed by atoms with van der Waals surface area (Å²) in [5, 5.41) is 20.3. The lowest BCUT2D eigenvalue weighted by Crippen LogP contribution is -2.41. The van der Waals surface area contributed by atoms with Gasteiger partial charge < -0.3 is 19.7 Å². The fraction of sp³-hybridized carbons (Fsp3) is 0.650. The molecule has 7 heteroatoms. The van der Waals surface area contributed by atoms with Crippen molar-refractivity contribution < 1.29 is 34.1 Å². The van der Waals surface area contributed by atoms with Crippen molar-refractivity contribution in [2.75, 3.05) is 6.61 Å². The number of rotatable bonds is 4.